The van der Waals surface area contributed by atoms with Crippen molar-refractivity contribution < 1.29 is 0 Å². The minimum absolute atomic E-state index is 0.0240. The van der Waals surface area contributed by atoms with E-state index in [1.54, 1.807) is 11.3 Å². The van der Waals surface area contributed by atoms with Gasteiger partial charge in [-0.05, 0) is 35.0 Å². The van der Waals surface area contributed by atoms with E-state index in [0.717, 1.165) is 16.0 Å². The zero-order chi connectivity index (χ0) is 10.8. The molecule has 0 aliphatic heterocycles. The Morgan fingerprint density at radius 2 is 2.40 bits per heavy atom. The summed E-state index contributed by atoms with van der Waals surface area (Å²) in [7, 11) is 0. The Morgan fingerprint density at radius 3 is 3.00 bits per heavy atom. The van der Waals surface area contributed by atoms with Crippen LogP contribution in [0.3, 0.4) is 0 Å². The van der Waals surface area contributed by atoms with Crippen LogP contribution in [-0.2, 0) is 6.54 Å². The van der Waals surface area contributed by atoms with Gasteiger partial charge in [0, 0.05) is 17.1 Å². The molecule has 0 bridgehead atoms. The van der Waals surface area contributed by atoms with Crippen molar-refractivity contribution in [3.05, 3.63) is 39.0 Å². The lowest BCUT2D eigenvalue weighted by atomic mass is 10.2. The van der Waals surface area contributed by atoms with E-state index in [0.29, 0.717) is 0 Å². The molecule has 2 rings (SSSR count). The van der Waals surface area contributed by atoms with Crippen LogP contribution in [0.5, 0.6) is 0 Å². The van der Waals surface area contributed by atoms with Gasteiger partial charge >= 0.3 is 0 Å². The molecule has 0 aliphatic rings. The Morgan fingerprint density at radius 1 is 1.60 bits per heavy atom. The topological polar surface area (TPSA) is 43.8 Å². The maximum absolute atomic E-state index is 5.85. The summed E-state index contributed by atoms with van der Waals surface area (Å²) < 4.78 is 3.24. The number of hydrogen-bond donors (Lipinski definition) is 1. The Kier molecular flexibility index (Phi) is 3.23. The van der Waals surface area contributed by atoms with Gasteiger partial charge in [0.1, 0.15) is 0 Å². The van der Waals surface area contributed by atoms with Crippen LogP contribution in [0, 0.1) is 0 Å². The highest BCUT2D eigenvalue weighted by Crippen LogP contribution is 2.23. The molecule has 1 atom stereocenters. The van der Waals surface area contributed by atoms with Crippen molar-refractivity contribution in [3.8, 4) is 0 Å². The molecule has 2 aromatic rings. The van der Waals surface area contributed by atoms with Gasteiger partial charge < -0.3 is 10.3 Å². The molecule has 0 spiro atoms. The summed E-state index contributed by atoms with van der Waals surface area (Å²) in [6.45, 7) is 2.81. The third-order valence-electron chi connectivity index (χ3n) is 2.17. The molecule has 0 fully saturated rings. The fourth-order valence-electron chi connectivity index (χ4n) is 1.45. The zero-order valence-corrected chi connectivity index (χ0v) is 10.8. The normalized spacial score (nSPS) is 13.0. The van der Waals surface area contributed by atoms with Crippen LogP contribution in [-0.4, -0.2) is 9.55 Å². The van der Waals surface area contributed by atoms with Crippen molar-refractivity contribution in [3.63, 3.8) is 0 Å². The molecule has 0 aromatic carbocycles. The molecule has 0 amide bonds. The first-order valence-corrected chi connectivity index (χ1v) is 6.27. The maximum atomic E-state index is 5.85. The van der Waals surface area contributed by atoms with Crippen LogP contribution >= 0.6 is 27.3 Å². The molecule has 0 saturated heterocycles. The van der Waals surface area contributed by atoms with Crippen LogP contribution in [0.4, 0.5) is 0 Å². The van der Waals surface area contributed by atoms with Crippen LogP contribution in [0.25, 0.3) is 0 Å². The fourth-order valence-corrected chi connectivity index (χ4v) is 2.93. The van der Waals surface area contributed by atoms with E-state index in [-0.39, 0.29) is 6.04 Å². The average molecular weight is 286 g/mol. The van der Waals surface area contributed by atoms with Crippen LogP contribution in [0.1, 0.15) is 23.5 Å². The minimum atomic E-state index is 0.0240. The Labute approximate surface area is 101 Å². The van der Waals surface area contributed by atoms with Gasteiger partial charge in [0.05, 0.1) is 22.4 Å². The van der Waals surface area contributed by atoms with E-state index >= 15 is 0 Å². The number of aromatic nitrogens is 2. The number of nitrogens with two attached hydrogens (primary N) is 1. The lowest BCUT2D eigenvalue weighted by Crippen LogP contribution is -2.11. The molecule has 5 heteroatoms. The number of nitrogens with zero attached hydrogens (tertiary/aromatic N) is 2. The monoisotopic (exact) mass is 285 g/mol. The lowest BCUT2D eigenvalue weighted by Gasteiger charge is -2.09. The van der Waals surface area contributed by atoms with Gasteiger partial charge in [0.25, 0.3) is 0 Å². The molecule has 80 valence electrons. The van der Waals surface area contributed by atoms with Crippen molar-refractivity contribution in [2.75, 3.05) is 0 Å². The van der Waals surface area contributed by atoms with Gasteiger partial charge in [-0.1, -0.05) is 0 Å². The SMILES string of the molecule is C[C@H](N)c1cncn1Cc1ccc(Br)s1. The highest BCUT2D eigenvalue weighted by atomic mass is 79.9. The number of halogens is 1. The summed E-state index contributed by atoms with van der Waals surface area (Å²) >= 11 is 5.19. The molecular formula is C10H12BrN3S. The molecular weight excluding hydrogens is 274 g/mol. The predicted molar refractivity (Wildman–Crippen MR) is 66.0 cm³/mol. The average Bonchev–Trinajstić information content (AvgIpc) is 2.75. The minimum Gasteiger partial charge on any atom is -0.328 e. The smallest absolute Gasteiger partial charge is 0.0952 e. The molecule has 0 unspecified atom stereocenters. The Balaban J connectivity index is 2.20. The van der Waals surface area contributed by atoms with Gasteiger partial charge in [-0.25, -0.2) is 4.98 Å². The van der Waals surface area contributed by atoms with Crippen LogP contribution in [0.2, 0.25) is 0 Å². The molecule has 0 radical (unpaired) electrons. The Bertz CT molecular complexity index is 447. The van der Waals surface area contributed by atoms with Crippen LogP contribution < -0.4 is 5.73 Å². The molecule has 2 heterocycles. The molecule has 15 heavy (non-hydrogen) atoms. The van der Waals surface area contributed by atoms with Crippen molar-refractivity contribution >= 4 is 27.3 Å². The summed E-state index contributed by atoms with van der Waals surface area (Å²) in [4.78, 5) is 5.42. The van der Waals surface area contributed by atoms with E-state index < -0.39 is 0 Å². The number of imidazole rings is 1. The van der Waals surface area contributed by atoms with Crippen molar-refractivity contribution in [2.24, 2.45) is 5.73 Å². The Hall–Kier alpha value is -0.650. The summed E-state index contributed by atoms with van der Waals surface area (Å²) in [5, 5.41) is 0. The summed E-state index contributed by atoms with van der Waals surface area (Å²) in [5.41, 5.74) is 6.92. The molecule has 2 N–H and O–H groups in total. The standard InChI is InChI=1S/C10H12BrN3S/c1-7(12)9-4-13-6-14(9)5-8-2-3-10(11)15-8/h2-4,6-7H,5,12H2,1H3/t7-/m0/s1. The summed E-state index contributed by atoms with van der Waals surface area (Å²) in [6, 6.07) is 4.19. The summed E-state index contributed by atoms with van der Waals surface area (Å²) in [5.74, 6) is 0. The van der Waals surface area contributed by atoms with E-state index in [9.17, 15) is 0 Å². The number of rotatable bonds is 3. The summed E-state index contributed by atoms with van der Waals surface area (Å²) in [6.07, 6.45) is 3.65. The zero-order valence-electron chi connectivity index (χ0n) is 8.35. The number of hydrogen-bond acceptors (Lipinski definition) is 3. The first-order chi connectivity index (χ1) is 7.16. The highest BCUT2D eigenvalue weighted by Gasteiger charge is 2.07. The van der Waals surface area contributed by atoms with E-state index in [2.05, 4.69) is 37.6 Å². The second-order valence-electron chi connectivity index (χ2n) is 3.44. The van der Waals surface area contributed by atoms with E-state index in [1.807, 2.05) is 19.4 Å². The largest absolute Gasteiger partial charge is 0.328 e. The van der Waals surface area contributed by atoms with Crippen molar-refractivity contribution in [2.45, 2.75) is 19.5 Å². The fraction of sp³-hybridized carbons (Fsp3) is 0.300. The third kappa shape index (κ3) is 2.48. The van der Waals surface area contributed by atoms with Gasteiger partial charge in [-0.3, -0.25) is 0 Å². The molecule has 0 saturated carbocycles. The van der Waals surface area contributed by atoms with Gasteiger partial charge in [-0.2, -0.15) is 0 Å². The third-order valence-corrected chi connectivity index (χ3v) is 3.77. The first kappa shape index (κ1) is 10.9. The van der Waals surface area contributed by atoms with Crippen molar-refractivity contribution in [1.29, 1.82) is 0 Å². The lowest BCUT2D eigenvalue weighted by molar-refractivity contribution is 0.679. The maximum Gasteiger partial charge on any atom is 0.0952 e. The van der Waals surface area contributed by atoms with Crippen LogP contribution in [0.15, 0.2) is 28.4 Å². The molecule has 0 aliphatic carbocycles. The van der Waals surface area contributed by atoms with Gasteiger partial charge in [-0.15, -0.1) is 11.3 Å². The number of thiophene rings is 1. The first-order valence-electron chi connectivity index (χ1n) is 4.66. The van der Waals surface area contributed by atoms with Gasteiger partial charge in [0.15, 0.2) is 0 Å². The quantitative estimate of drug-likeness (QED) is 0.943. The predicted octanol–water partition coefficient (Wildman–Crippen LogP) is 2.78. The van der Waals surface area contributed by atoms with E-state index in [4.69, 9.17) is 5.73 Å². The van der Waals surface area contributed by atoms with Crippen molar-refractivity contribution in [1.82, 2.24) is 9.55 Å². The second kappa shape index (κ2) is 4.47. The molecule has 3 nitrogen and oxygen atoms in total. The van der Waals surface area contributed by atoms with E-state index in [1.165, 1.54) is 4.88 Å². The highest BCUT2D eigenvalue weighted by molar-refractivity contribution is 9.11. The molecule has 2 aromatic heterocycles. The van der Waals surface area contributed by atoms with Gasteiger partial charge in [0.2, 0.25) is 0 Å². The second-order valence-corrected chi connectivity index (χ2v) is 5.99.